The van der Waals surface area contributed by atoms with Gasteiger partial charge in [-0.2, -0.15) is 0 Å². The minimum atomic E-state index is 0.737. The highest BCUT2D eigenvalue weighted by atomic mass is 32.1. The van der Waals surface area contributed by atoms with Crippen LogP contribution in [0.5, 0.6) is 0 Å². The van der Waals surface area contributed by atoms with Crippen molar-refractivity contribution in [3.63, 3.8) is 0 Å². The Labute approximate surface area is 876 Å². The first-order chi connectivity index (χ1) is 74.4. The van der Waals surface area contributed by atoms with Crippen LogP contribution < -0.4 is 0 Å². The van der Waals surface area contributed by atoms with Gasteiger partial charge < -0.3 is 13.7 Å². The molecule has 30 rings (SSSR count). The second-order valence-corrected chi connectivity index (χ2v) is 40.8. The van der Waals surface area contributed by atoms with Crippen LogP contribution in [0.15, 0.2) is 528 Å². The molecule has 0 aliphatic rings. The van der Waals surface area contributed by atoms with Gasteiger partial charge in [-0.15, -0.1) is 34.0 Å². The maximum atomic E-state index is 5.23. The number of hydrogen-bond donors (Lipinski definition) is 0. The number of thiophene rings is 3. The third kappa shape index (κ3) is 15.8. The van der Waals surface area contributed by atoms with Crippen molar-refractivity contribution in [2.45, 2.75) is 0 Å². The van der Waals surface area contributed by atoms with Crippen molar-refractivity contribution in [2.75, 3.05) is 0 Å². The Morgan fingerprint density at radius 2 is 0.340 bits per heavy atom. The van der Waals surface area contributed by atoms with Gasteiger partial charge in [0.25, 0.3) is 0 Å². The van der Waals surface area contributed by atoms with Crippen molar-refractivity contribution in [3.05, 3.63) is 528 Å². The molecule has 702 valence electrons. The van der Waals surface area contributed by atoms with Crippen LogP contribution in [0.1, 0.15) is 0 Å². The van der Waals surface area contributed by atoms with Gasteiger partial charge in [-0.1, -0.05) is 449 Å². The second-order valence-electron chi connectivity index (χ2n) is 37.8. The molecule has 9 nitrogen and oxygen atoms in total. The minimum absolute atomic E-state index is 0.737. The Morgan fingerprint density at radius 3 is 0.647 bits per heavy atom. The normalized spacial score (nSPS) is 11.6. The first-order valence-electron chi connectivity index (χ1n) is 50.5. The van der Waals surface area contributed by atoms with E-state index < -0.39 is 0 Å². The molecule has 9 aromatic heterocycles. The van der Waals surface area contributed by atoms with E-state index in [1.165, 1.54) is 146 Å². The molecule has 12 heteroatoms. The number of hydrogen-bond acceptors (Lipinski definition) is 9. The van der Waals surface area contributed by atoms with E-state index >= 15 is 0 Å². The summed E-state index contributed by atoms with van der Waals surface area (Å²) in [6.07, 6.45) is 0. The molecule has 0 N–H and O–H groups in total. The molecule has 0 aliphatic heterocycles. The molecule has 0 amide bonds. The van der Waals surface area contributed by atoms with Crippen LogP contribution in [-0.2, 0) is 0 Å². The van der Waals surface area contributed by atoms with Crippen molar-refractivity contribution in [3.8, 4) is 152 Å². The lowest BCUT2D eigenvalue weighted by Crippen LogP contribution is -1.93. The zero-order valence-corrected chi connectivity index (χ0v) is 83.4. The molecule has 9 heterocycles. The van der Waals surface area contributed by atoms with Crippen LogP contribution in [0.4, 0.5) is 0 Å². The van der Waals surface area contributed by atoms with Gasteiger partial charge in [0.15, 0.2) is 17.5 Å². The first kappa shape index (κ1) is 88.6. The Morgan fingerprint density at radius 1 is 0.133 bits per heavy atom. The molecular formula is C138H87N9S3. The van der Waals surface area contributed by atoms with Gasteiger partial charge >= 0.3 is 0 Å². The summed E-state index contributed by atoms with van der Waals surface area (Å²) in [6, 6.07) is 187. The fourth-order valence-electron chi connectivity index (χ4n) is 21.7. The Hall–Kier alpha value is -19.1. The number of benzene rings is 21. The van der Waals surface area contributed by atoms with Crippen LogP contribution in [-0.4, -0.2) is 43.6 Å². The topological polar surface area (TPSA) is 92.1 Å². The molecule has 0 aliphatic carbocycles. The highest BCUT2D eigenvalue weighted by Crippen LogP contribution is 2.50. The van der Waals surface area contributed by atoms with Crippen LogP contribution in [0.3, 0.4) is 0 Å². The average Bonchev–Trinajstić information content (AvgIpc) is 1.59. The predicted octanol–water partition coefficient (Wildman–Crippen LogP) is 37.8. The highest BCUT2D eigenvalue weighted by molar-refractivity contribution is 7.27. The Bertz CT molecular complexity index is 10300. The van der Waals surface area contributed by atoms with Crippen molar-refractivity contribution in [1.29, 1.82) is 0 Å². The Kier molecular flexibility index (Phi) is 22.3. The van der Waals surface area contributed by atoms with Crippen LogP contribution in [0.2, 0.25) is 0 Å². The average molecular weight is 1970 g/mol. The van der Waals surface area contributed by atoms with Crippen LogP contribution in [0.25, 0.3) is 278 Å². The third-order valence-electron chi connectivity index (χ3n) is 28.9. The van der Waals surface area contributed by atoms with Crippen molar-refractivity contribution < 1.29 is 0 Å². The molecule has 0 fully saturated rings. The molecule has 0 bridgehead atoms. The maximum Gasteiger partial charge on any atom is 0.160 e. The van der Waals surface area contributed by atoms with Crippen molar-refractivity contribution in [1.82, 2.24) is 43.6 Å². The summed E-state index contributed by atoms with van der Waals surface area (Å²) in [5.74, 6) is 2.23. The van der Waals surface area contributed by atoms with Gasteiger partial charge in [0.2, 0.25) is 0 Å². The molecule has 0 radical (unpaired) electrons. The van der Waals surface area contributed by atoms with Crippen molar-refractivity contribution >= 4 is 160 Å². The summed E-state index contributed by atoms with van der Waals surface area (Å²) in [5, 5.41) is 11.1. The molecule has 0 unspecified atom stereocenters. The number of fused-ring (bicyclic) bond motifs is 18. The van der Waals surface area contributed by atoms with Gasteiger partial charge in [0.1, 0.15) is 0 Å². The second kappa shape index (κ2) is 37.8. The number of para-hydroxylation sites is 5. The minimum Gasteiger partial charge on any atom is -0.309 e. The van der Waals surface area contributed by atoms with E-state index in [0.717, 1.165) is 132 Å². The van der Waals surface area contributed by atoms with E-state index in [0.29, 0.717) is 0 Å². The molecular weight excluding hydrogens is 1880 g/mol. The molecule has 21 aromatic carbocycles. The zero-order chi connectivity index (χ0) is 99.1. The molecule has 0 atom stereocenters. The lowest BCUT2D eigenvalue weighted by molar-refractivity contribution is 1.18. The fraction of sp³-hybridized carbons (Fsp3) is 0. The molecule has 0 saturated heterocycles. The van der Waals surface area contributed by atoms with E-state index in [1.807, 2.05) is 66.7 Å². The lowest BCUT2D eigenvalue weighted by atomic mass is 9.99. The van der Waals surface area contributed by atoms with Crippen molar-refractivity contribution in [2.24, 2.45) is 0 Å². The standard InChI is InChI=1S/3C46H29N3S/c1-4-13-30(14-5-1)34-25-28-41-39(29-34)37-19-10-11-22-40(37)49(41)35-26-23-31(24-27-35)36-20-12-21-38-43-45(50-44(36)38)42(32-15-6-2-7-16-32)47-46(48-43)33-17-8-3-9-18-33;1-3-12-33(13-4-1)42-45-43(48-46(47-42)34-14-5-2-6-15-34)39-19-11-18-36(44(39)50-45)32-24-22-30(23-25-32)31-26-28-35(29-27-31)49-40-20-9-7-16-37(40)38-17-8-10-21-41(38)49;1-3-12-30(13-4-1)31-22-24-33(25-23-31)42-45-43(48-46(47-42)34-14-5-2-6-15-34)39-19-11-18-36(44(39)50-45)32-26-28-35(29-27-32)49-40-20-9-7-16-37(40)38-17-8-10-21-41(38)49/h3*1-29H. The maximum absolute atomic E-state index is 5.23. The summed E-state index contributed by atoms with van der Waals surface area (Å²) in [6.45, 7) is 0. The lowest BCUT2D eigenvalue weighted by Gasteiger charge is -2.10. The largest absolute Gasteiger partial charge is 0.309 e. The summed E-state index contributed by atoms with van der Waals surface area (Å²) < 4.78 is 14.1. The quantitative estimate of drug-likeness (QED) is 0.102. The number of rotatable bonds is 15. The Balaban J connectivity index is 0.000000108. The first-order valence-corrected chi connectivity index (χ1v) is 53.0. The summed E-state index contributed by atoms with van der Waals surface area (Å²) in [5.41, 5.74) is 37.3. The van der Waals surface area contributed by atoms with Gasteiger partial charge in [-0.05, 0) is 146 Å². The van der Waals surface area contributed by atoms with E-state index in [2.05, 4.69) is 475 Å². The SMILES string of the molecule is c1ccc(-c2ccc(-c3nc(-c4ccccc4)nc4c3sc3c(-c5ccc(-n6c7ccccc7c7ccccc76)cc5)cccc34)cc2)cc1.c1ccc(-c2ccc3c(c2)c2ccccc2n3-c2ccc(-c3cccc4c3sc3c(-c5ccccc5)nc(-c5ccccc5)nc34)cc2)cc1.c1ccc(-c2nc(-c3ccccc3)c3sc4c(-c5ccc(-c6ccc(-n7c8ccccc8c8ccccc87)cc6)cc5)cccc4c3n2)cc1. The van der Waals surface area contributed by atoms with Crippen LogP contribution in [0, 0.1) is 0 Å². The van der Waals surface area contributed by atoms with Crippen LogP contribution >= 0.6 is 34.0 Å². The zero-order valence-electron chi connectivity index (χ0n) is 81.0. The van der Waals surface area contributed by atoms with E-state index in [-0.39, 0.29) is 0 Å². The number of aromatic nitrogens is 9. The molecule has 0 saturated carbocycles. The third-order valence-corrected chi connectivity index (χ3v) is 32.6. The summed E-state index contributed by atoms with van der Waals surface area (Å²) in [7, 11) is 0. The van der Waals surface area contributed by atoms with E-state index in [1.54, 1.807) is 34.0 Å². The predicted molar refractivity (Wildman–Crippen MR) is 633 cm³/mol. The summed E-state index contributed by atoms with van der Waals surface area (Å²) in [4.78, 5) is 31.1. The van der Waals surface area contributed by atoms with E-state index in [4.69, 9.17) is 29.9 Å². The summed E-state index contributed by atoms with van der Waals surface area (Å²) >= 11 is 5.35. The fourth-order valence-corrected chi connectivity index (χ4v) is 25.6. The van der Waals surface area contributed by atoms with Gasteiger partial charge in [0, 0.05) is 113 Å². The number of nitrogens with zero attached hydrogens (tertiary/aromatic N) is 9. The molecule has 150 heavy (non-hydrogen) atoms. The molecule has 30 aromatic rings. The molecule has 0 spiro atoms. The highest BCUT2D eigenvalue weighted by Gasteiger charge is 2.26. The van der Waals surface area contributed by atoms with E-state index in [9.17, 15) is 0 Å². The smallest absolute Gasteiger partial charge is 0.160 e. The monoisotopic (exact) mass is 1970 g/mol. The van der Waals surface area contributed by atoms with Gasteiger partial charge in [0.05, 0.1) is 80.8 Å². The van der Waals surface area contributed by atoms with Gasteiger partial charge in [-0.3, -0.25) is 0 Å². The van der Waals surface area contributed by atoms with Gasteiger partial charge in [-0.25, -0.2) is 29.9 Å².